The second-order valence-electron chi connectivity index (χ2n) is 5.83. The van der Waals surface area contributed by atoms with Crippen LogP contribution in [0, 0.1) is 11.3 Å². The summed E-state index contributed by atoms with van der Waals surface area (Å²) in [6, 6.07) is 6.77. The van der Waals surface area contributed by atoms with E-state index in [1.807, 2.05) is 0 Å². The Morgan fingerprint density at radius 1 is 1.20 bits per heavy atom. The lowest BCUT2D eigenvalue weighted by Crippen LogP contribution is -2.50. The maximum Gasteiger partial charge on any atom is 0.344 e. The molecule has 1 aliphatic carbocycles. The van der Waals surface area contributed by atoms with Crippen LogP contribution in [0.2, 0.25) is 10.0 Å². The van der Waals surface area contributed by atoms with Gasteiger partial charge in [-0.05, 0) is 31.0 Å². The maximum atomic E-state index is 11.9. The molecule has 0 atom stereocenters. The molecule has 1 amide bonds. The Morgan fingerprint density at radius 3 is 2.56 bits per heavy atom. The Morgan fingerprint density at radius 2 is 1.92 bits per heavy atom. The van der Waals surface area contributed by atoms with Gasteiger partial charge in [-0.1, -0.05) is 42.5 Å². The normalized spacial score (nSPS) is 15.7. The quantitative estimate of drug-likeness (QED) is 0.760. The molecule has 1 saturated carbocycles. The van der Waals surface area contributed by atoms with E-state index in [4.69, 9.17) is 32.7 Å². The van der Waals surface area contributed by atoms with Crippen LogP contribution >= 0.6 is 23.2 Å². The van der Waals surface area contributed by atoms with Gasteiger partial charge in [0.05, 0.1) is 11.1 Å². The topological polar surface area (TPSA) is 88.4 Å². The zero-order valence-electron chi connectivity index (χ0n) is 13.5. The second-order valence-corrected chi connectivity index (χ2v) is 6.67. The Labute approximate surface area is 156 Å². The van der Waals surface area contributed by atoms with E-state index in [1.165, 1.54) is 12.1 Å². The van der Waals surface area contributed by atoms with Crippen LogP contribution in [0.3, 0.4) is 0 Å². The average Bonchev–Trinajstić information content (AvgIpc) is 2.60. The van der Waals surface area contributed by atoms with Gasteiger partial charge in [0.25, 0.3) is 5.91 Å². The monoisotopic (exact) mass is 384 g/mol. The molecule has 2 rings (SSSR count). The van der Waals surface area contributed by atoms with Gasteiger partial charge in [0.2, 0.25) is 0 Å². The van der Waals surface area contributed by atoms with Crippen molar-refractivity contribution < 1.29 is 19.1 Å². The number of ether oxygens (including phenoxy) is 2. The number of carbonyl (C=O) groups is 2. The number of hydrogen-bond acceptors (Lipinski definition) is 5. The molecule has 1 aliphatic rings. The van der Waals surface area contributed by atoms with Crippen LogP contribution in [0.1, 0.15) is 32.1 Å². The molecule has 0 aliphatic heterocycles. The smallest absolute Gasteiger partial charge is 0.344 e. The largest absolute Gasteiger partial charge is 0.480 e. The minimum atomic E-state index is -0.852. The molecule has 1 fully saturated rings. The van der Waals surface area contributed by atoms with E-state index in [-0.39, 0.29) is 10.8 Å². The lowest BCUT2D eigenvalue weighted by atomic mass is 9.83. The fourth-order valence-electron chi connectivity index (χ4n) is 2.64. The summed E-state index contributed by atoms with van der Waals surface area (Å²) >= 11 is 11.7. The standard InChI is InChI=1S/C17H18Cl2N2O4/c18-12-4-5-14(13(19)8-12)24-10-16(23)25-9-15(22)21-17(11-20)6-2-1-3-7-17/h4-5,8H,1-3,6-7,9-10H2,(H,21,22). The number of benzene rings is 1. The fourth-order valence-corrected chi connectivity index (χ4v) is 3.10. The average molecular weight is 385 g/mol. The number of nitriles is 1. The van der Waals surface area contributed by atoms with Gasteiger partial charge in [-0.25, -0.2) is 4.79 Å². The molecule has 0 heterocycles. The zero-order valence-corrected chi connectivity index (χ0v) is 15.0. The predicted molar refractivity (Wildman–Crippen MR) is 92.5 cm³/mol. The van der Waals surface area contributed by atoms with Crippen molar-refractivity contribution in [2.45, 2.75) is 37.6 Å². The molecule has 134 valence electrons. The van der Waals surface area contributed by atoms with Gasteiger partial charge in [0.15, 0.2) is 13.2 Å². The van der Waals surface area contributed by atoms with E-state index < -0.39 is 30.6 Å². The first-order chi connectivity index (χ1) is 11.9. The van der Waals surface area contributed by atoms with E-state index in [0.29, 0.717) is 17.9 Å². The summed E-state index contributed by atoms with van der Waals surface area (Å²) in [6.45, 7) is -0.849. The minimum absolute atomic E-state index is 0.270. The molecule has 0 radical (unpaired) electrons. The van der Waals surface area contributed by atoms with Gasteiger partial charge in [-0.3, -0.25) is 4.79 Å². The highest BCUT2D eigenvalue weighted by atomic mass is 35.5. The molecule has 0 aromatic heterocycles. The van der Waals surface area contributed by atoms with Crippen molar-refractivity contribution in [1.82, 2.24) is 5.32 Å². The third-order valence-electron chi connectivity index (χ3n) is 3.90. The first kappa shape index (κ1) is 19.4. The van der Waals surface area contributed by atoms with Crippen LogP contribution in [0.4, 0.5) is 0 Å². The SMILES string of the molecule is N#CC1(NC(=O)COC(=O)COc2ccc(Cl)cc2Cl)CCCCC1. The van der Waals surface area contributed by atoms with Gasteiger partial charge in [-0.15, -0.1) is 0 Å². The summed E-state index contributed by atoms with van der Waals surface area (Å²) in [5, 5.41) is 12.7. The van der Waals surface area contributed by atoms with E-state index in [1.54, 1.807) is 6.07 Å². The van der Waals surface area contributed by atoms with E-state index in [2.05, 4.69) is 11.4 Å². The summed E-state index contributed by atoms with van der Waals surface area (Å²) in [4.78, 5) is 23.6. The van der Waals surface area contributed by atoms with Crippen molar-refractivity contribution in [3.05, 3.63) is 28.2 Å². The molecule has 0 unspecified atom stereocenters. The van der Waals surface area contributed by atoms with E-state index in [0.717, 1.165) is 19.3 Å². The third kappa shape index (κ3) is 5.80. The lowest BCUT2D eigenvalue weighted by Gasteiger charge is -2.31. The van der Waals surface area contributed by atoms with Crippen LogP contribution in [-0.4, -0.2) is 30.6 Å². The first-order valence-corrected chi connectivity index (χ1v) is 8.65. The van der Waals surface area contributed by atoms with Crippen molar-refractivity contribution in [1.29, 1.82) is 5.26 Å². The van der Waals surface area contributed by atoms with Crippen LogP contribution in [0.5, 0.6) is 5.75 Å². The van der Waals surface area contributed by atoms with Crippen LogP contribution < -0.4 is 10.1 Å². The van der Waals surface area contributed by atoms with Crippen molar-refractivity contribution in [2.75, 3.05) is 13.2 Å². The number of carbonyl (C=O) groups excluding carboxylic acids is 2. The van der Waals surface area contributed by atoms with Crippen LogP contribution in [0.15, 0.2) is 18.2 Å². The lowest BCUT2D eigenvalue weighted by molar-refractivity contribution is -0.150. The molecule has 1 aromatic rings. The molecule has 6 nitrogen and oxygen atoms in total. The van der Waals surface area contributed by atoms with E-state index >= 15 is 0 Å². The van der Waals surface area contributed by atoms with E-state index in [9.17, 15) is 14.9 Å². The summed E-state index contributed by atoms with van der Waals surface area (Å²) < 4.78 is 10.1. The molecule has 0 spiro atoms. The Kier molecular flexibility index (Phi) is 6.91. The zero-order chi connectivity index (χ0) is 18.3. The minimum Gasteiger partial charge on any atom is -0.480 e. The van der Waals surface area contributed by atoms with Crippen molar-refractivity contribution >= 4 is 35.1 Å². The molecular formula is C17H18Cl2N2O4. The predicted octanol–water partition coefficient (Wildman–Crippen LogP) is 3.26. The van der Waals surface area contributed by atoms with Crippen molar-refractivity contribution in [3.63, 3.8) is 0 Å². The highest BCUT2D eigenvalue weighted by molar-refractivity contribution is 6.35. The number of hydrogen-bond donors (Lipinski definition) is 1. The molecule has 1 N–H and O–H groups in total. The van der Waals surface area contributed by atoms with Gasteiger partial charge in [0, 0.05) is 5.02 Å². The highest BCUT2D eigenvalue weighted by Crippen LogP contribution is 2.28. The third-order valence-corrected chi connectivity index (χ3v) is 4.43. The second kappa shape index (κ2) is 8.93. The number of nitrogens with one attached hydrogen (secondary N) is 1. The summed E-state index contributed by atoms with van der Waals surface area (Å²) in [5.41, 5.74) is -0.852. The Hall–Kier alpha value is -1.97. The van der Waals surface area contributed by atoms with Gasteiger partial charge in [-0.2, -0.15) is 5.26 Å². The summed E-state index contributed by atoms with van der Waals surface area (Å²) in [5.74, 6) is -0.921. The Bertz CT molecular complexity index is 682. The molecule has 8 heteroatoms. The highest BCUT2D eigenvalue weighted by Gasteiger charge is 2.33. The van der Waals surface area contributed by atoms with Crippen LogP contribution in [0.25, 0.3) is 0 Å². The van der Waals surface area contributed by atoms with Gasteiger partial charge >= 0.3 is 5.97 Å². The van der Waals surface area contributed by atoms with Crippen molar-refractivity contribution in [2.24, 2.45) is 0 Å². The number of halogens is 2. The molecular weight excluding hydrogens is 367 g/mol. The maximum absolute atomic E-state index is 11.9. The first-order valence-electron chi connectivity index (χ1n) is 7.90. The molecule has 0 saturated heterocycles. The fraction of sp³-hybridized carbons (Fsp3) is 0.471. The van der Waals surface area contributed by atoms with Gasteiger partial charge < -0.3 is 14.8 Å². The molecule has 25 heavy (non-hydrogen) atoms. The number of esters is 1. The number of rotatable bonds is 6. The summed E-state index contributed by atoms with van der Waals surface area (Å²) in [6.07, 6.45) is 4.06. The van der Waals surface area contributed by atoms with Gasteiger partial charge in [0.1, 0.15) is 11.3 Å². The number of nitrogens with zero attached hydrogens (tertiary/aromatic N) is 1. The molecule has 1 aromatic carbocycles. The van der Waals surface area contributed by atoms with Crippen LogP contribution in [-0.2, 0) is 14.3 Å². The molecule has 0 bridgehead atoms. The summed E-state index contributed by atoms with van der Waals surface area (Å²) in [7, 11) is 0. The van der Waals surface area contributed by atoms with Crippen molar-refractivity contribution in [3.8, 4) is 11.8 Å². The Balaban J connectivity index is 1.75. The number of amides is 1.